The molecule has 1 aromatic carbocycles. The molecule has 0 atom stereocenters. The lowest BCUT2D eigenvalue weighted by Gasteiger charge is -2.08. The number of nitrogens with zero attached hydrogens (tertiary/aromatic N) is 3. The second kappa shape index (κ2) is 6.25. The Balaban J connectivity index is 1.57. The minimum absolute atomic E-state index is 0.0360. The number of benzene rings is 1. The number of pyridine rings is 1. The summed E-state index contributed by atoms with van der Waals surface area (Å²) in [5.74, 6) is 0.671. The van der Waals surface area contributed by atoms with Crippen LogP contribution in [0.15, 0.2) is 71.2 Å². The molecule has 0 bridgehead atoms. The van der Waals surface area contributed by atoms with E-state index in [-0.39, 0.29) is 5.43 Å². The van der Waals surface area contributed by atoms with E-state index in [1.807, 2.05) is 34.2 Å². The first-order valence-corrected chi connectivity index (χ1v) is 8.38. The number of fused-ring (bicyclic) bond motifs is 1. The summed E-state index contributed by atoms with van der Waals surface area (Å²) in [4.78, 5) is 20.6. The molecular formula is C18H14N4OS. The average molecular weight is 334 g/mol. The Kier molecular flexibility index (Phi) is 3.80. The van der Waals surface area contributed by atoms with Crippen LogP contribution in [-0.4, -0.2) is 14.4 Å². The van der Waals surface area contributed by atoms with Gasteiger partial charge in [0.2, 0.25) is 0 Å². The third kappa shape index (κ3) is 2.91. The maximum absolute atomic E-state index is 11.6. The third-order valence-corrected chi connectivity index (χ3v) is 4.58. The molecule has 4 aromatic rings. The molecule has 4 rings (SSSR count). The lowest BCUT2D eigenvalue weighted by Crippen LogP contribution is -2.07. The number of anilines is 1. The van der Waals surface area contributed by atoms with Crippen LogP contribution < -0.4 is 10.7 Å². The Hall–Kier alpha value is -2.99. The lowest BCUT2D eigenvalue weighted by molar-refractivity contribution is 1.03. The van der Waals surface area contributed by atoms with E-state index in [1.54, 1.807) is 29.8 Å². The summed E-state index contributed by atoms with van der Waals surface area (Å²) >= 11 is 1.62. The zero-order chi connectivity index (χ0) is 16.4. The number of aromatic nitrogens is 3. The number of hydrogen-bond acceptors (Lipinski definition) is 5. The van der Waals surface area contributed by atoms with Crippen molar-refractivity contribution in [2.45, 2.75) is 6.54 Å². The standard InChI is InChI=1S/C18H14N4OS/c23-15-6-8-22-9-7-19-17(16(22)10-15)20-11-14-12-24-18(21-14)13-4-2-1-3-5-13/h1-10,12H,11H2,(H,19,20). The summed E-state index contributed by atoms with van der Waals surface area (Å²) in [5, 5.41) is 6.30. The molecule has 1 N–H and O–H groups in total. The van der Waals surface area contributed by atoms with Gasteiger partial charge in [-0.2, -0.15) is 0 Å². The molecule has 0 saturated heterocycles. The van der Waals surface area contributed by atoms with E-state index in [0.717, 1.165) is 21.8 Å². The van der Waals surface area contributed by atoms with E-state index in [4.69, 9.17) is 0 Å². The van der Waals surface area contributed by atoms with E-state index in [0.29, 0.717) is 12.4 Å². The zero-order valence-corrected chi connectivity index (χ0v) is 13.5. The minimum atomic E-state index is -0.0360. The third-order valence-electron chi connectivity index (χ3n) is 3.64. The van der Waals surface area contributed by atoms with E-state index in [2.05, 4.69) is 27.4 Å². The van der Waals surface area contributed by atoms with Gasteiger partial charge in [0.05, 0.1) is 17.8 Å². The van der Waals surface area contributed by atoms with Crippen molar-refractivity contribution in [2.24, 2.45) is 0 Å². The molecular weight excluding hydrogens is 320 g/mol. The van der Waals surface area contributed by atoms with Crippen LogP contribution in [-0.2, 0) is 6.54 Å². The highest BCUT2D eigenvalue weighted by Crippen LogP contribution is 2.23. The fourth-order valence-corrected chi connectivity index (χ4v) is 3.30. The minimum Gasteiger partial charge on any atom is -0.363 e. The quantitative estimate of drug-likeness (QED) is 0.621. The summed E-state index contributed by atoms with van der Waals surface area (Å²) in [6, 6.07) is 13.2. The van der Waals surface area contributed by atoms with Crippen LogP contribution in [0, 0.1) is 0 Å². The molecule has 24 heavy (non-hydrogen) atoms. The van der Waals surface area contributed by atoms with E-state index >= 15 is 0 Å². The van der Waals surface area contributed by atoms with E-state index in [9.17, 15) is 4.79 Å². The van der Waals surface area contributed by atoms with Gasteiger partial charge in [0, 0.05) is 41.7 Å². The van der Waals surface area contributed by atoms with Gasteiger partial charge in [-0.15, -0.1) is 11.3 Å². The van der Waals surface area contributed by atoms with Gasteiger partial charge in [0.15, 0.2) is 11.2 Å². The van der Waals surface area contributed by atoms with Crippen molar-refractivity contribution < 1.29 is 0 Å². The van der Waals surface area contributed by atoms with Crippen molar-refractivity contribution in [1.82, 2.24) is 14.4 Å². The fraction of sp³-hybridized carbons (Fsp3) is 0.0556. The highest BCUT2D eigenvalue weighted by atomic mass is 32.1. The lowest BCUT2D eigenvalue weighted by atomic mass is 10.2. The smallest absolute Gasteiger partial charge is 0.182 e. The average Bonchev–Trinajstić information content (AvgIpc) is 3.10. The summed E-state index contributed by atoms with van der Waals surface area (Å²) in [6.45, 7) is 0.555. The van der Waals surface area contributed by atoms with Gasteiger partial charge in [-0.1, -0.05) is 30.3 Å². The second-order valence-corrected chi connectivity index (χ2v) is 6.15. The predicted molar refractivity (Wildman–Crippen MR) is 96.3 cm³/mol. The van der Waals surface area contributed by atoms with Crippen LogP contribution in [0.3, 0.4) is 0 Å². The van der Waals surface area contributed by atoms with Crippen molar-refractivity contribution in [1.29, 1.82) is 0 Å². The molecule has 0 saturated carbocycles. The molecule has 0 unspecified atom stereocenters. The van der Waals surface area contributed by atoms with Crippen molar-refractivity contribution in [2.75, 3.05) is 5.32 Å². The molecule has 3 aromatic heterocycles. The van der Waals surface area contributed by atoms with Gasteiger partial charge in [0.25, 0.3) is 0 Å². The summed E-state index contributed by atoms with van der Waals surface area (Å²) in [7, 11) is 0. The molecule has 0 fully saturated rings. The van der Waals surface area contributed by atoms with Gasteiger partial charge in [-0.3, -0.25) is 4.79 Å². The number of rotatable bonds is 4. The first kappa shape index (κ1) is 14.6. The number of hydrogen-bond donors (Lipinski definition) is 1. The van der Waals surface area contributed by atoms with Crippen molar-refractivity contribution in [3.05, 3.63) is 82.4 Å². The Morgan fingerprint density at radius 2 is 2.00 bits per heavy atom. The van der Waals surface area contributed by atoms with Gasteiger partial charge in [-0.25, -0.2) is 9.97 Å². The maximum Gasteiger partial charge on any atom is 0.182 e. The van der Waals surface area contributed by atoms with Gasteiger partial charge in [-0.05, 0) is 0 Å². The second-order valence-electron chi connectivity index (χ2n) is 5.29. The molecule has 0 aliphatic heterocycles. The van der Waals surface area contributed by atoms with Crippen LogP contribution >= 0.6 is 11.3 Å². The monoisotopic (exact) mass is 334 g/mol. The molecule has 3 heterocycles. The molecule has 0 amide bonds. The molecule has 0 radical (unpaired) electrons. The van der Waals surface area contributed by atoms with Gasteiger partial charge in [0.1, 0.15) is 5.01 Å². The van der Waals surface area contributed by atoms with Crippen LogP contribution in [0.4, 0.5) is 5.82 Å². The Morgan fingerprint density at radius 1 is 1.12 bits per heavy atom. The van der Waals surface area contributed by atoms with E-state index < -0.39 is 0 Å². The van der Waals surface area contributed by atoms with Crippen molar-refractivity contribution in [3.63, 3.8) is 0 Å². The first-order valence-electron chi connectivity index (χ1n) is 7.50. The highest BCUT2D eigenvalue weighted by Gasteiger charge is 2.06. The topological polar surface area (TPSA) is 59.3 Å². The number of thiazole rings is 1. The molecule has 0 aliphatic rings. The van der Waals surface area contributed by atoms with Crippen molar-refractivity contribution in [3.8, 4) is 10.6 Å². The summed E-state index contributed by atoms with van der Waals surface area (Å²) in [6.07, 6.45) is 5.26. The molecule has 6 heteroatoms. The van der Waals surface area contributed by atoms with Crippen molar-refractivity contribution >= 4 is 22.7 Å². The predicted octanol–water partition coefficient (Wildman–Crippen LogP) is 3.43. The van der Waals surface area contributed by atoms with Crippen LogP contribution in [0.5, 0.6) is 0 Å². The van der Waals surface area contributed by atoms with Crippen LogP contribution in [0.25, 0.3) is 16.1 Å². The first-order chi connectivity index (χ1) is 11.8. The highest BCUT2D eigenvalue weighted by molar-refractivity contribution is 7.13. The summed E-state index contributed by atoms with van der Waals surface area (Å²) in [5.41, 5.74) is 2.78. The largest absolute Gasteiger partial charge is 0.363 e. The molecule has 0 spiro atoms. The maximum atomic E-state index is 11.6. The fourth-order valence-electron chi connectivity index (χ4n) is 2.47. The molecule has 5 nitrogen and oxygen atoms in total. The Labute approximate surface area is 142 Å². The summed E-state index contributed by atoms with van der Waals surface area (Å²) < 4.78 is 1.87. The van der Waals surface area contributed by atoms with Crippen LogP contribution in [0.2, 0.25) is 0 Å². The normalized spacial score (nSPS) is 10.8. The van der Waals surface area contributed by atoms with Gasteiger partial charge >= 0.3 is 0 Å². The molecule has 118 valence electrons. The van der Waals surface area contributed by atoms with E-state index in [1.165, 1.54) is 6.07 Å². The zero-order valence-electron chi connectivity index (χ0n) is 12.7. The Bertz CT molecular complexity index is 1040. The van der Waals surface area contributed by atoms with Gasteiger partial charge < -0.3 is 9.72 Å². The SMILES string of the molecule is O=c1ccn2ccnc(NCc3csc(-c4ccccc4)n3)c2c1. The Morgan fingerprint density at radius 3 is 2.88 bits per heavy atom. The molecule has 0 aliphatic carbocycles. The number of nitrogens with one attached hydrogen (secondary N) is 1. The van der Waals surface area contributed by atoms with Crippen LogP contribution in [0.1, 0.15) is 5.69 Å².